The van der Waals surface area contributed by atoms with E-state index in [0.29, 0.717) is 17.5 Å². The van der Waals surface area contributed by atoms with Crippen LogP contribution in [0.4, 0.5) is 0 Å². The van der Waals surface area contributed by atoms with Gasteiger partial charge in [-0.25, -0.2) is 0 Å². The van der Waals surface area contributed by atoms with Crippen molar-refractivity contribution in [2.45, 2.75) is 18.6 Å². The lowest BCUT2D eigenvalue weighted by molar-refractivity contribution is 0.0880. The van der Waals surface area contributed by atoms with Crippen molar-refractivity contribution in [1.29, 1.82) is 0 Å². The zero-order valence-corrected chi connectivity index (χ0v) is 17.3. The summed E-state index contributed by atoms with van der Waals surface area (Å²) in [4.78, 5) is 26.1. The molecule has 6 nitrogen and oxygen atoms in total. The fourth-order valence-electron chi connectivity index (χ4n) is 5.80. The van der Waals surface area contributed by atoms with Crippen molar-refractivity contribution in [3.05, 3.63) is 71.8 Å². The molecule has 3 aromatic carbocycles. The number of benzene rings is 3. The number of hydrogen-bond acceptors (Lipinski definition) is 3. The molecule has 1 aliphatic heterocycles. The summed E-state index contributed by atoms with van der Waals surface area (Å²) in [5.41, 5.74) is 4.75. The molecule has 0 saturated heterocycles. The number of carbonyl (C=O) groups excluding carboxylic acids is 2. The number of aromatic nitrogens is 2. The van der Waals surface area contributed by atoms with Crippen LogP contribution < -0.4 is 5.32 Å². The number of imide groups is 1. The van der Waals surface area contributed by atoms with E-state index in [1.807, 2.05) is 67.7 Å². The van der Waals surface area contributed by atoms with Crippen molar-refractivity contribution in [2.24, 2.45) is 7.05 Å². The third-order valence-corrected chi connectivity index (χ3v) is 7.04. The molecular formula is C26H19N3O3. The number of nitrogens with one attached hydrogen (secondary N) is 1. The van der Waals surface area contributed by atoms with Crippen molar-refractivity contribution in [3.63, 3.8) is 0 Å². The number of para-hydroxylation sites is 2. The molecule has 2 aliphatic rings. The molecule has 3 heterocycles. The van der Waals surface area contributed by atoms with Crippen LogP contribution in [0.1, 0.15) is 33.2 Å². The summed E-state index contributed by atoms with van der Waals surface area (Å²) in [6.45, 7) is 0. The van der Waals surface area contributed by atoms with E-state index >= 15 is 0 Å². The summed E-state index contributed by atoms with van der Waals surface area (Å²) in [6, 6.07) is 15.9. The Bertz CT molecular complexity index is 1700. The van der Waals surface area contributed by atoms with Gasteiger partial charge in [0.15, 0.2) is 0 Å². The number of nitrogens with zero attached hydrogens (tertiary/aromatic N) is 2. The van der Waals surface area contributed by atoms with Gasteiger partial charge in [0, 0.05) is 46.0 Å². The number of aliphatic hydroxyl groups excluding tert-OH is 1. The molecular weight excluding hydrogens is 402 g/mol. The Morgan fingerprint density at radius 2 is 1.44 bits per heavy atom. The van der Waals surface area contributed by atoms with Gasteiger partial charge >= 0.3 is 0 Å². The smallest absolute Gasteiger partial charge is 0.259 e. The Labute approximate surface area is 182 Å². The predicted octanol–water partition coefficient (Wildman–Crippen LogP) is 4.18. The molecule has 156 valence electrons. The summed E-state index contributed by atoms with van der Waals surface area (Å²) in [6.07, 6.45) is 3.93. The molecule has 2 N–H and O–H groups in total. The zero-order chi connectivity index (χ0) is 21.7. The minimum Gasteiger partial charge on any atom is -0.389 e. The molecule has 1 unspecified atom stereocenters. The first-order chi connectivity index (χ1) is 15.6. The highest BCUT2D eigenvalue weighted by molar-refractivity contribution is 6.39. The number of allylic oxidation sites excluding steroid dienone is 1. The fraction of sp³-hybridized carbons (Fsp3) is 0.154. The molecule has 32 heavy (non-hydrogen) atoms. The van der Waals surface area contributed by atoms with Crippen molar-refractivity contribution in [1.82, 2.24) is 14.5 Å². The van der Waals surface area contributed by atoms with Crippen molar-refractivity contribution >= 4 is 55.4 Å². The van der Waals surface area contributed by atoms with Crippen LogP contribution in [0.15, 0.2) is 60.7 Å². The van der Waals surface area contributed by atoms with E-state index in [-0.39, 0.29) is 17.9 Å². The van der Waals surface area contributed by atoms with Crippen LogP contribution >= 0.6 is 0 Å². The number of fused-ring (bicyclic) bond motifs is 10. The highest BCUT2D eigenvalue weighted by atomic mass is 16.3. The van der Waals surface area contributed by atoms with Crippen molar-refractivity contribution in [2.75, 3.05) is 0 Å². The predicted molar refractivity (Wildman–Crippen MR) is 124 cm³/mol. The lowest BCUT2D eigenvalue weighted by atomic mass is 9.96. The number of aryl methyl sites for hydroxylation is 1. The normalized spacial score (nSPS) is 20.3. The van der Waals surface area contributed by atoms with Gasteiger partial charge in [0.05, 0.1) is 34.3 Å². The molecule has 0 spiro atoms. The highest BCUT2D eigenvalue weighted by Crippen LogP contribution is 2.46. The average molecular weight is 421 g/mol. The third kappa shape index (κ3) is 1.98. The number of rotatable bonds is 1. The Kier molecular flexibility index (Phi) is 3.25. The lowest BCUT2D eigenvalue weighted by Crippen LogP contribution is -2.20. The van der Waals surface area contributed by atoms with Crippen LogP contribution in [-0.4, -0.2) is 32.2 Å². The molecule has 0 bridgehead atoms. The first-order valence-corrected chi connectivity index (χ1v) is 10.7. The van der Waals surface area contributed by atoms with Gasteiger partial charge in [-0.15, -0.1) is 0 Å². The summed E-state index contributed by atoms with van der Waals surface area (Å²) in [7, 11) is 2.01. The van der Waals surface area contributed by atoms with Crippen LogP contribution in [0.2, 0.25) is 0 Å². The third-order valence-electron chi connectivity index (χ3n) is 7.04. The van der Waals surface area contributed by atoms with E-state index in [2.05, 4.69) is 14.5 Å². The van der Waals surface area contributed by atoms with Crippen LogP contribution in [0, 0.1) is 0 Å². The first-order valence-electron chi connectivity index (χ1n) is 10.7. The van der Waals surface area contributed by atoms with Gasteiger partial charge in [-0.2, -0.15) is 0 Å². The Balaban J connectivity index is 1.84. The number of amides is 2. The summed E-state index contributed by atoms with van der Waals surface area (Å²) < 4.78 is 4.35. The summed E-state index contributed by atoms with van der Waals surface area (Å²) >= 11 is 0. The Hall–Kier alpha value is -3.90. The van der Waals surface area contributed by atoms with E-state index in [1.165, 1.54) is 0 Å². The monoisotopic (exact) mass is 421 g/mol. The SMILES string of the molecule is Cn1c2ccccc2c2c3c(c4c5ccccc5n(C5C=C[C@@H](O)C5)c4c21)C(=O)NC3=O. The van der Waals surface area contributed by atoms with Crippen LogP contribution in [0.5, 0.6) is 0 Å². The van der Waals surface area contributed by atoms with Crippen molar-refractivity contribution in [3.8, 4) is 0 Å². The summed E-state index contributed by atoms with van der Waals surface area (Å²) in [5.74, 6) is -0.698. The van der Waals surface area contributed by atoms with Gasteiger partial charge in [-0.05, 0) is 12.1 Å². The second-order valence-electron chi connectivity index (χ2n) is 8.70. The molecule has 0 saturated carbocycles. The minimum absolute atomic E-state index is 0.0492. The highest BCUT2D eigenvalue weighted by Gasteiger charge is 2.37. The molecule has 6 heteroatoms. The molecule has 2 aromatic heterocycles. The van der Waals surface area contributed by atoms with Gasteiger partial charge in [0.25, 0.3) is 11.8 Å². The fourth-order valence-corrected chi connectivity index (χ4v) is 5.80. The van der Waals surface area contributed by atoms with E-state index in [9.17, 15) is 14.7 Å². The van der Waals surface area contributed by atoms with E-state index in [1.54, 1.807) is 0 Å². The molecule has 0 fully saturated rings. The first kappa shape index (κ1) is 17.7. The van der Waals surface area contributed by atoms with Crippen LogP contribution in [-0.2, 0) is 7.05 Å². The second kappa shape index (κ2) is 5.87. The second-order valence-corrected chi connectivity index (χ2v) is 8.70. The maximum absolute atomic E-state index is 13.1. The number of carbonyl (C=O) groups is 2. The van der Waals surface area contributed by atoms with E-state index in [0.717, 1.165) is 43.6 Å². The van der Waals surface area contributed by atoms with Crippen molar-refractivity contribution < 1.29 is 14.7 Å². The maximum Gasteiger partial charge on any atom is 0.259 e. The molecule has 7 rings (SSSR count). The maximum atomic E-state index is 13.1. The van der Waals surface area contributed by atoms with Gasteiger partial charge in [-0.3, -0.25) is 14.9 Å². The Morgan fingerprint density at radius 3 is 2.09 bits per heavy atom. The molecule has 2 atom stereocenters. The van der Waals surface area contributed by atoms with E-state index in [4.69, 9.17) is 0 Å². The van der Waals surface area contributed by atoms with Gasteiger partial charge in [-0.1, -0.05) is 48.6 Å². The standard InChI is InChI=1S/C26H19N3O3/c1-28-17-8-4-2-6-15(17)19-21-22(26(32)27-25(21)31)20-16-7-3-5-9-18(16)29(24(20)23(19)28)13-10-11-14(30)12-13/h2-11,13-14,30H,12H2,1H3,(H,27,31,32)/t13?,14-/m1/s1. The van der Waals surface area contributed by atoms with E-state index < -0.39 is 6.10 Å². The van der Waals surface area contributed by atoms with Gasteiger partial charge < -0.3 is 14.2 Å². The molecule has 1 aliphatic carbocycles. The lowest BCUT2D eigenvalue weighted by Gasteiger charge is -2.16. The average Bonchev–Trinajstić information content (AvgIpc) is 3.51. The molecule has 0 radical (unpaired) electrons. The molecule has 2 amide bonds. The van der Waals surface area contributed by atoms with Gasteiger partial charge in [0.1, 0.15) is 0 Å². The summed E-state index contributed by atoms with van der Waals surface area (Å²) in [5, 5.41) is 16.3. The largest absolute Gasteiger partial charge is 0.389 e. The quantitative estimate of drug-likeness (QED) is 0.315. The number of aliphatic hydroxyl groups is 1. The Morgan fingerprint density at radius 1 is 0.844 bits per heavy atom. The number of hydrogen-bond donors (Lipinski definition) is 2. The zero-order valence-electron chi connectivity index (χ0n) is 17.3. The molecule has 5 aromatic rings. The van der Waals surface area contributed by atoms with Crippen LogP contribution in [0.25, 0.3) is 43.6 Å². The topological polar surface area (TPSA) is 76.3 Å². The minimum atomic E-state index is -0.501. The van der Waals surface area contributed by atoms with Crippen LogP contribution in [0.3, 0.4) is 0 Å². The van der Waals surface area contributed by atoms with Gasteiger partial charge in [0.2, 0.25) is 0 Å².